The molecule has 17 heteroatoms. The quantitative estimate of drug-likeness (QED) is 0.0920. The van der Waals surface area contributed by atoms with E-state index in [1.807, 2.05) is 25.3 Å². The fourth-order valence-electron chi connectivity index (χ4n) is 7.94. The van der Waals surface area contributed by atoms with Crippen molar-refractivity contribution >= 4 is 52.6 Å². The minimum Gasteiger partial charge on any atom is -0.497 e. The average Bonchev–Trinajstić information content (AvgIpc) is 3.54. The van der Waals surface area contributed by atoms with Gasteiger partial charge >= 0.3 is 6.09 Å². The van der Waals surface area contributed by atoms with Crippen molar-refractivity contribution in [2.45, 2.75) is 128 Å². The number of rotatable bonds is 14. The maximum Gasteiger partial charge on any atom is 0.408 e. The van der Waals surface area contributed by atoms with Crippen LogP contribution in [0.4, 0.5) is 9.93 Å². The molecule has 2 unspecified atom stereocenters. The molecule has 3 aromatic rings. The first-order valence-corrected chi connectivity index (χ1v) is 22.8. The predicted molar refractivity (Wildman–Crippen MR) is 227 cm³/mol. The lowest BCUT2D eigenvalue weighted by molar-refractivity contribution is -0.142. The van der Waals surface area contributed by atoms with Crippen molar-refractivity contribution in [1.29, 1.82) is 0 Å². The Bertz CT molecular complexity index is 2150. The lowest BCUT2D eigenvalue weighted by Crippen LogP contribution is -2.58. The van der Waals surface area contributed by atoms with E-state index in [0.717, 1.165) is 30.8 Å². The van der Waals surface area contributed by atoms with Crippen LogP contribution in [0.15, 0.2) is 29.6 Å². The van der Waals surface area contributed by atoms with Crippen LogP contribution in [0.2, 0.25) is 0 Å². The van der Waals surface area contributed by atoms with E-state index in [1.54, 1.807) is 46.1 Å². The highest BCUT2D eigenvalue weighted by Crippen LogP contribution is 2.69. The van der Waals surface area contributed by atoms with E-state index in [9.17, 15) is 28.9 Å². The summed E-state index contributed by atoms with van der Waals surface area (Å²) in [7, 11) is -2.74. The Morgan fingerprint density at radius 3 is 2.42 bits per heavy atom. The zero-order valence-electron chi connectivity index (χ0n) is 35.0. The van der Waals surface area contributed by atoms with Gasteiger partial charge in [-0.25, -0.2) is 14.8 Å². The standard InChI is InChI=1S/C42H57N6O9PS/c1-10-25-20-42(25,58(53,54)23-41(7,8)52)47-36(49)33-18-28(21-48(33)37(50)35(40(4,5)6)46-39(51)57-26-13-11-12-14-26)56-34-19-31(32-22-59-38(45-32)43-24(2)3)44-30-17-27(55-9)15-16-29(30)34/h1,15-17,19,22,24-26,28,33,35,52H,11-14,18,20-21,23H2,2-9H3,(H,43,45)(H,46,51)(H,47,49)(H,53,54)/t25-,28?,33+,35-,42+/m1/s1. The first-order valence-electron chi connectivity index (χ1n) is 20.1. The van der Waals surface area contributed by atoms with Gasteiger partial charge in [0, 0.05) is 35.4 Å². The van der Waals surface area contributed by atoms with Gasteiger partial charge in [0.1, 0.15) is 46.8 Å². The Hall–Kier alpha value is -4.42. The van der Waals surface area contributed by atoms with Gasteiger partial charge in [0.2, 0.25) is 19.2 Å². The minimum absolute atomic E-state index is 0.00651. The van der Waals surface area contributed by atoms with Crippen molar-refractivity contribution < 1.29 is 43.2 Å². The summed E-state index contributed by atoms with van der Waals surface area (Å²) >= 11 is 1.45. The van der Waals surface area contributed by atoms with Gasteiger partial charge in [0.15, 0.2) is 5.13 Å². The molecule has 6 rings (SSSR count). The Kier molecular flexibility index (Phi) is 12.7. The van der Waals surface area contributed by atoms with E-state index < -0.39 is 71.8 Å². The molecule has 320 valence electrons. The number of alkyl carbamates (subject to hydrolysis) is 1. The molecule has 3 fully saturated rings. The number of anilines is 1. The SMILES string of the molecule is C#C[C@@H]1C[C@]1(NC(=O)[C@@H]1CC(Oc2cc(-c3csc(NC(C)C)n3)nc3cc(OC)ccc23)CN1C(=O)[C@@H](NC(=O)OC1CCCC1)C(C)(C)C)P(=O)(O)CC(C)(C)O. The third-order valence-electron chi connectivity index (χ3n) is 10.9. The molecule has 59 heavy (non-hydrogen) atoms. The Balaban J connectivity index is 1.35. The Labute approximate surface area is 349 Å². The van der Waals surface area contributed by atoms with Crippen molar-refractivity contribution in [3.8, 4) is 35.2 Å². The maximum absolute atomic E-state index is 14.8. The monoisotopic (exact) mass is 852 g/mol. The molecule has 1 saturated heterocycles. The number of carbonyl (C=O) groups excluding carboxylic acids is 3. The van der Waals surface area contributed by atoms with Crippen molar-refractivity contribution in [2.75, 3.05) is 25.1 Å². The van der Waals surface area contributed by atoms with Crippen LogP contribution in [0, 0.1) is 23.7 Å². The summed E-state index contributed by atoms with van der Waals surface area (Å²) in [6.07, 6.45) is 6.94. The number of pyridine rings is 1. The van der Waals surface area contributed by atoms with E-state index in [-0.39, 0.29) is 31.5 Å². The second kappa shape index (κ2) is 16.9. The molecule has 15 nitrogen and oxygen atoms in total. The maximum atomic E-state index is 14.8. The number of hydrogen-bond acceptors (Lipinski definition) is 12. The van der Waals surface area contributed by atoms with Crippen LogP contribution in [-0.4, -0.2) is 104 Å². The van der Waals surface area contributed by atoms with Gasteiger partial charge in [-0.1, -0.05) is 20.8 Å². The Morgan fingerprint density at radius 1 is 1.10 bits per heavy atom. The number of nitrogens with zero attached hydrogens (tertiary/aromatic N) is 3. The number of carbonyl (C=O) groups is 3. The average molecular weight is 853 g/mol. The smallest absolute Gasteiger partial charge is 0.408 e. The molecule has 6 atom stereocenters. The molecule has 2 aromatic heterocycles. The number of aromatic nitrogens is 2. The van der Waals surface area contributed by atoms with Crippen LogP contribution in [0.25, 0.3) is 22.3 Å². The molecule has 1 aromatic carbocycles. The van der Waals surface area contributed by atoms with E-state index in [1.165, 1.54) is 30.1 Å². The van der Waals surface area contributed by atoms with Gasteiger partial charge in [-0.2, -0.15) is 0 Å². The summed E-state index contributed by atoms with van der Waals surface area (Å²) in [5.41, 5.74) is -0.625. The fourth-order valence-corrected chi connectivity index (χ4v) is 11.4. The number of amides is 3. The first kappa shape index (κ1) is 44.1. The molecule has 0 radical (unpaired) electrons. The number of thiazole rings is 1. The predicted octanol–water partition coefficient (Wildman–Crippen LogP) is 6.13. The molecule has 3 heterocycles. The molecule has 0 bridgehead atoms. The zero-order chi connectivity index (χ0) is 43.1. The normalized spacial score (nSPS) is 23.6. The zero-order valence-corrected chi connectivity index (χ0v) is 36.7. The van der Waals surface area contributed by atoms with Gasteiger partial charge in [-0.15, -0.1) is 23.7 Å². The molecule has 3 amide bonds. The molecule has 3 aliphatic rings. The lowest BCUT2D eigenvalue weighted by atomic mass is 9.85. The van der Waals surface area contributed by atoms with Crippen molar-refractivity contribution in [3.05, 3.63) is 29.6 Å². The minimum atomic E-state index is -4.30. The highest BCUT2D eigenvalue weighted by Gasteiger charge is 2.67. The van der Waals surface area contributed by atoms with Crippen molar-refractivity contribution in [2.24, 2.45) is 11.3 Å². The van der Waals surface area contributed by atoms with E-state index in [2.05, 4.69) is 21.9 Å². The van der Waals surface area contributed by atoms with Gasteiger partial charge in [-0.05, 0) is 77.3 Å². The number of methoxy groups -OCH3 is 1. The molecule has 0 spiro atoms. The topological polar surface area (TPSA) is 202 Å². The second-order valence-electron chi connectivity index (χ2n) is 18.0. The van der Waals surface area contributed by atoms with E-state index in [4.69, 9.17) is 30.6 Å². The Morgan fingerprint density at radius 2 is 1.81 bits per heavy atom. The molecule has 2 aliphatic carbocycles. The first-order chi connectivity index (χ1) is 27.6. The number of benzene rings is 1. The van der Waals surface area contributed by atoms with Gasteiger partial charge < -0.3 is 45.1 Å². The van der Waals surface area contributed by atoms with Crippen LogP contribution in [0.5, 0.6) is 11.5 Å². The number of terminal acetylenes is 1. The van der Waals surface area contributed by atoms with Crippen LogP contribution >= 0.6 is 18.7 Å². The molecule has 5 N–H and O–H groups in total. The number of aliphatic hydroxyl groups is 1. The number of nitrogens with one attached hydrogen (secondary N) is 3. The largest absolute Gasteiger partial charge is 0.497 e. The van der Waals surface area contributed by atoms with Gasteiger partial charge in [-0.3, -0.25) is 14.2 Å². The summed E-state index contributed by atoms with van der Waals surface area (Å²) in [5.74, 6) is 1.51. The van der Waals surface area contributed by atoms with Crippen LogP contribution in [-0.2, 0) is 18.9 Å². The summed E-state index contributed by atoms with van der Waals surface area (Å²) in [4.78, 5) is 64.9. The molecular weight excluding hydrogens is 796 g/mol. The number of likely N-dealkylation sites (tertiary alicyclic amines) is 1. The van der Waals surface area contributed by atoms with Crippen molar-refractivity contribution in [1.82, 2.24) is 25.5 Å². The van der Waals surface area contributed by atoms with Gasteiger partial charge in [0.25, 0.3) is 0 Å². The summed E-state index contributed by atoms with van der Waals surface area (Å²) in [6, 6.07) is 5.03. The van der Waals surface area contributed by atoms with Crippen LogP contribution in [0.1, 0.15) is 87.0 Å². The molecular formula is C42H57N6O9PS. The van der Waals surface area contributed by atoms with E-state index in [0.29, 0.717) is 33.8 Å². The van der Waals surface area contributed by atoms with Gasteiger partial charge in [0.05, 0.1) is 42.5 Å². The summed E-state index contributed by atoms with van der Waals surface area (Å²) in [6.45, 7) is 12.2. The number of hydrogen-bond donors (Lipinski definition) is 5. The number of fused-ring (bicyclic) bond motifs is 1. The van der Waals surface area contributed by atoms with Crippen molar-refractivity contribution in [3.63, 3.8) is 0 Å². The summed E-state index contributed by atoms with van der Waals surface area (Å²) < 4.78 is 31.8. The van der Waals surface area contributed by atoms with E-state index >= 15 is 0 Å². The highest BCUT2D eigenvalue weighted by molar-refractivity contribution is 7.60. The van der Waals surface area contributed by atoms with Crippen LogP contribution in [0.3, 0.4) is 0 Å². The third kappa shape index (κ3) is 9.97. The highest BCUT2D eigenvalue weighted by atomic mass is 32.1. The fraction of sp³-hybridized carbons (Fsp3) is 0.595. The summed E-state index contributed by atoms with van der Waals surface area (Å²) in [5, 5.41) is 21.0. The molecule has 2 saturated carbocycles. The van der Waals surface area contributed by atoms with Crippen LogP contribution < -0.4 is 25.4 Å². The molecule has 1 aliphatic heterocycles. The number of ether oxygens (including phenoxy) is 3. The second-order valence-corrected chi connectivity index (χ2v) is 21.3. The third-order valence-corrected chi connectivity index (χ3v) is 14.8. The lowest BCUT2D eigenvalue weighted by Gasteiger charge is -2.36.